The lowest BCUT2D eigenvalue weighted by Gasteiger charge is -2.35. The monoisotopic (exact) mass is 251 g/mol. The number of hydrogen-bond acceptors (Lipinski definition) is 6. The highest BCUT2D eigenvalue weighted by Gasteiger charge is 2.18. The van der Waals surface area contributed by atoms with Gasteiger partial charge in [0.2, 0.25) is 0 Å². The summed E-state index contributed by atoms with van der Waals surface area (Å²) in [6.07, 6.45) is 0. The van der Waals surface area contributed by atoms with Gasteiger partial charge in [-0.15, -0.1) is 0 Å². The molecule has 0 saturated carbocycles. The van der Waals surface area contributed by atoms with Gasteiger partial charge in [0.1, 0.15) is 17.5 Å². The van der Waals surface area contributed by atoms with Gasteiger partial charge in [-0.3, -0.25) is 4.90 Å². The second-order valence-corrected chi connectivity index (χ2v) is 4.46. The number of rotatable bonds is 4. The number of aryl methyl sites for hydroxylation is 1. The molecule has 2 heterocycles. The molecular formula is C12H21N5O. The second kappa shape index (κ2) is 5.97. The van der Waals surface area contributed by atoms with E-state index < -0.39 is 0 Å². The molecule has 1 aromatic heterocycles. The van der Waals surface area contributed by atoms with Crippen molar-refractivity contribution in [2.24, 2.45) is 0 Å². The van der Waals surface area contributed by atoms with Crippen LogP contribution < -0.4 is 10.2 Å². The zero-order chi connectivity index (χ0) is 13.0. The minimum Gasteiger partial charge on any atom is -0.395 e. The first-order valence-corrected chi connectivity index (χ1v) is 6.34. The van der Waals surface area contributed by atoms with Crippen molar-refractivity contribution < 1.29 is 5.11 Å². The third-order valence-corrected chi connectivity index (χ3v) is 3.19. The predicted octanol–water partition coefficient (Wildman–Crippen LogP) is -0.0590. The molecule has 0 aromatic carbocycles. The molecule has 18 heavy (non-hydrogen) atoms. The fourth-order valence-corrected chi connectivity index (χ4v) is 2.18. The largest absolute Gasteiger partial charge is 0.395 e. The summed E-state index contributed by atoms with van der Waals surface area (Å²) in [4.78, 5) is 13.3. The van der Waals surface area contributed by atoms with E-state index in [-0.39, 0.29) is 6.61 Å². The number of hydrogen-bond donors (Lipinski definition) is 2. The van der Waals surface area contributed by atoms with Gasteiger partial charge in [0.05, 0.1) is 6.61 Å². The maximum Gasteiger partial charge on any atom is 0.134 e. The Kier molecular flexibility index (Phi) is 4.33. The Bertz CT molecular complexity index is 390. The van der Waals surface area contributed by atoms with Gasteiger partial charge in [0.25, 0.3) is 0 Å². The molecule has 0 unspecified atom stereocenters. The molecule has 1 aliphatic heterocycles. The Hall–Kier alpha value is -1.40. The van der Waals surface area contributed by atoms with E-state index in [2.05, 4.69) is 25.1 Å². The number of piperazine rings is 1. The number of aliphatic hydroxyl groups is 1. The number of aromatic nitrogens is 2. The number of aliphatic hydroxyl groups excluding tert-OH is 1. The quantitative estimate of drug-likeness (QED) is 0.782. The van der Waals surface area contributed by atoms with Crippen LogP contribution in [0.1, 0.15) is 5.82 Å². The summed E-state index contributed by atoms with van der Waals surface area (Å²) < 4.78 is 0. The lowest BCUT2D eigenvalue weighted by Crippen LogP contribution is -2.47. The third-order valence-electron chi connectivity index (χ3n) is 3.19. The fourth-order valence-electron chi connectivity index (χ4n) is 2.18. The Balaban J connectivity index is 2.02. The van der Waals surface area contributed by atoms with Crippen molar-refractivity contribution in [3.05, 3.63) is 11.9 Å². The molecule has 1 aliphatic rings. The van der Waals surface area contributed by atoms with Crippen LogP contribution in [0.3, 0.4) is 0 Å². The SMILES string of the molecule is CNc1cc(N2CCN(CCO)CC2)nc(C)n1. The van der Waals surface area contributed by atoms with Crippen LogP contribution in [-0.4, -0.2) is 66.4 Å². The van der Waals surface area contributed by atoms with Crippen molar-refractivity contribution in [1.29, 1.82) is 0 Å². The van der Waals surface area contributed by atoms with Gasteiger partial charge in [-0.1, -0.05) is 0 Å². The van der Waals surface area contributed by atoms with Gasteiger partial charge in [-0.2, -0.15) is 0 Å². The van der Waals surface area contributed by atoms with E-state index in [4.69, 9.17) is 5.11 Å². The van der Waals surface area contributed by atoms with Crippen molar-refractivity contribution in [2.75, 3.05) is 56.6 Å². The molecule has 0 atom stereocenters. The molecule has 2 rings (SSSR count). The first-order chi connectivity index (χ1) is 8.72. The summed E-state index contributed by atoms with van der Waals surface area (Å²) in [5, 5.41) is 12.0. The molecule has 6 nitrogen and oxygen atoms in total. The van der Waals surface area contributed by atoms with Crippen LogP contribution in [0.5, 0.6) is 0 Å². The van der Waals surface area contributed by atoms with Gasteiger partial charge < -0.3 is 15.3 Å². The Labute approximate surface area is 108 Å². The second-order valence-electron chi connectivity index (χ2n) is 4.46. The first-order valence-electron chi connectivity index (χ1n) is 6.34. The van der Waals surface area contributed by atoms with E-state index in [1.807, 2.05) is 20.0 Å². The van der Waals surface area contributed by atoms with Crippen LogP contribution in [0.2, 0.25) is 0 Å². The molecule has 1 saturated heterocycles. The van der Waals surface area contributed by atoms with Gasteiger partial charge in [0, 0.05) is 45.8 Å². The number of nitrogens with one attached hydrogen (secondary N) is 1. The van der Waals surface area contributed by atoms with E-state index in [1.165, 1.54) is 0 Å². The van der Waals surface area contributed by atoms with Crippen molar-refractivity contribution >= 4 is 11.6 Å². The number of β-amino-alcohol motifs (C(OH)–C–C–N with tert-alkyl or cyclic N) is 1. The van der Waals surface area contributed by atoms with Gasteiger partial charge in [0.15, 0.2) is 0 Å². The Morgan fingerprint density at radius 1 is 1.28 bits per heavy atom. The highest BCUT2D eigenvalue weighted by Crippen LogP contribution is 2.17. The van der Waals surface area contributed by atoms with Crippen LogP contribution in [0, 0.1) is 6.92 Å². The van der Waals surface area contributed by atoms with E-state index in [1.54, 1.807) is 0 Å². The molecule has 0 spiro atoms. The first kappa shape index (κ1) is 13.0. The van der Waals surface area contributed by atoms with E-state index in [0.717, 1.165) is 50.2 Å². The molecule has 0 amide bonds. The Morgan fingerprint density at radius 3 is 2.61 bits per heavy atom. The summed E-state index contributed by atoms with van der Waals surface area (Å²) in [5.74, 6) is 2.63. The standard InChI is InChI=1S/C12H21N5O/c1-10-14-11(13-2)9-12(15-10)17-5-3-16(4-6-17)7-8-18/h9,18H,3-8H2,1-2H3,(H,13,14,15). The molecule has 1 aromatic rings. The predicted molar refractivity (Wildman–Crippen MR) is 72.1 cm³/mol. The van der Waals surface area contributed by atoms with Crippen LogP contribution in [0.25, 0.3) is 0 Å². The molecular weight excluding hydrogens is 230 g/mol. The lowest BCUT2D eigenvalue weighted by atomic mass is 10.3. The molecule has 0 radical (unpaired) electrons. The zero-order valence-corrected chi connectivity index (χ0v) is 11.1. The van der Waals surface area contributed by atoms with Crippen LogP contribution in [-0.2, 0) is 0 Å². The van der Waals surface area contributed by atoms with Crippen molar-refractivity contribution in [1.82, 2.24) is 14.9 Å². The molecule has 0 bridgehead atoms. The van der Waals surface area contributed by atoms with Gasteiger partial charge >= 0.3 is 0 Å². The van der Waals surface area contributed by atoms with E-state index in [9.17, 15) is 0 Å². The topological polar surface area (TPSA) is 64.5 Å². The summed E-state index contributed by atoms with van der Waals surface area (Å²) >= 11 is 0. The van der Waals surface area contributed by atoms with Gasteiger partial charge in [-0.25, -0.2) is 9.97 Å². The highest BCUT2D eigenvalue weighted by molar-refractivity contribution is 5.49. The van der Waals surface area contributed by atoms with Crippen molar-refractivity contribution in [3.63, 3.8) is 0 Å². The normalized spacial score (nSPS) is 16.9. The smallest absolute Gasteiger partial charge is 0.134 e. The maximum absolute atomic E-state index is 8.92. The number of anilines is 2. The lowest BCUT2D eigenvalue weighted by molar-refractivity contribution is 0.188. The van der Waals surface area contributed by atoms with E-state index >= 15 is 0 Å². The minimum absolute atomic E-state index is 0.233. The highest BCUT2D eigenvalue weighted by atomic mass is 16.3. The van der Waals surface area contributed by atoms with Crippen LogP contribution in [0.15, 0.2) is 6.07 Å². The minimum atomic E-state index is 0.233. The average molecular weight is 251 g/mol. The van der Waals surface area contributed by atoms with Crippen molar-refractivity contribution in [2.45, 2.75) is 6.92 Å². The summed E-state index contributed by atoms with van der Waals surface area (Å²) in [5.41, 5.74) is 0. The fraction of sp³-hybridized carbons (Fsp3) is 0.667. The average Bonchev–Trinajstić information content (AvgIpc) is 2.39. The molecule has 2 N–H and O–H groups in total. The van der Waals surface area contributed by atoms with Gasteiger partial charge in [-0.05, 0) is 6.92 Å². The molecule has 100 valence electrons. The van der Waals surface area contributed by atoms with E-state index in [0.29, 0.717) is 0 Å². The van der Waals surface area contributed by atoms with Crippen LogP contribution >= 0.6 is 0 Å². The molecule has 1 fully saturated rings. The Morgan fingerprint density at radius 2 is 2.00 bits per heavy atom. The maximum atomic E-state index is 8.92. The molecule has 6 heteroatoms. The summed E-state index contributed by atoms with van der Waals surface area (Å²) in [7, 11) is 1.87. The van der Waals surface area contributed by atoms with Crippen molar-refractivity contribution in [3.8, 4) is 0 Å². The number of nitrogens with zero attached hydrogens (tertiary/aromatic N) is 4. The third kappa shape index (κ3) is 3.08. The van der Waals surface area contributed by atoms with Crippen LogP contribution in [0.4, 0.5) is 11.6 Å². The molecule has 0 aliphatic carbocycles. The summed E-state index contributed by atoms with van der Waals surface area (Å²) in [6.45, 7) is 6.73. The zero-order valence-electron chi connectivity index (χ0n) is 11.1. The summed E-state index contributed by atoms with van der Waals surface area (Å²) in [6, 6.07) is 1.98.